The zero-order chi connectivity index (χ0) is 28.2. The second kappa shape index (κ2) is 14.5. The number of allylic oxidation sites excluding steroid dienone is 2. The minimum Gasteiger partial charge on any atom is -0.494 e. The monoisotopic (exact) mass is 530 g/mol. The Bertz CT molecular complexity index is 1400. The van der Waals surface area contributed by atoms with E-state index >= 15 is 0 Å². The Balaban J connectivity index is 1.20. The first-order valence-electron chi connectivity index (χ1n) is 13.5. The molecule has 0 bridgehead atoms. The summed E-state index contributed by atoms with van der Waals surface area (Å²) in [6.45, 7) is 5.08. The van der Waals surface area contributed by atoms with E-state index in [1.807, 2.05) is 98.8 Å². The smallest absolute Gasteiger partial charge is 0.185 e. The third kappa shape index (κ3) is 8.40. The van der Waals surface area contributed by atoms with Crippen molar-refractivity contribution in [2.45, 2.75) is 26.7 Å². The molecule has 0 saturated carbocycles. The maximum Gasteiger partial charge on any atom is 0.185 e. The van der Waals surface area contributed by atoms with Crippen LogP contribution in [0.2, 0.25) is 0 Å². The number of aryl methyl sites for hydroxylation is 2. The molecule has 4 heteroatoms. The predicted molar refractivity (Wildman–Crippen MR) is 162 cm³/mol. The summed E-state index contributed by atoms with van der Waals surface area (Å²) in [6.07, 6.45) is 8.48. The molecule has 0 radical (unpaired) electrons. The first-order chi connectivity index (χ1) is 19.5. The molecule has 0 fully saturated rings. The van der Waals surface area contributed by atoms with Crippen molar-refractivity contribution in [3.05, 3.63) is 143 Å². The standard InChI is InChI=1S/C36H34O4/c1-27-11-3-5-13-29(27)19-21-35(37)31-15-9-17-33(25-31)39-23-7-8-24-40-34-18-10-16-32(26-34)36(38)22-20-30-14-6-4-12-28(30)2/h3-6,9-22,25-26H,7-8,23-24H2,1-2H3/b21-19+,22-20+. The molecular formula is C36H34O4. The van der Waals surface area contributed by atoms with Gasteiger partial charge in [-0.3, -0.25) is 9.59 Å². The van der Waals surface area contributed by atoms with Gasteiger partial charge in [-0.05, 0) is 85.4 Å². The summed E-state index contributed by atoms with van der Waals surface area (Å²) < 4.78 is 11.7. The minimum absolute atomic E-state index is 0.0616. The molecule has 4 rings (SSSR count). The van der Waals surface area contributed by atoms with Crippen LogP contribution in [0, 0.1) is 13.8 Å². The van der Waals surface area contributed by atoms with E-state index in [2.05, 4.69) is 0 Å². The fourth-order valence-corrected chi connectivity index (χ4v) is 4.13. The molecule has 0 N–H and O–H groups in total. The third-order valence-corrected chi connectivity index (χ3v) is 6.52. The number of ether oxygens (including phenoxy) is 2. The van der Waals surface area contributed by atoms with E-state index in [4.69, 9.17) is 9.47 Å². The number of hydrogen-bond donors (Lipinski definition) is 0. The van der Waals surface area contributed by atoms with Crippen molar-refractivity contribution in [2.24, 2.45) is 0 Å². The maximum atomic E-state index is 12.6. The average molecular weight is 531 g/mol. The highest BCUT2D eigenvalue weighted by atomic mass is 16.5. The van der Waals surface area contributed by atoms with E-state index in [0.717, 1.165) is 35.1 Å². The lowest BCUT2D eigenvalue weighted by Crippen LogP contribution is -2.04. The van der Waals surface area contributed by atoms with Crippen LogP contribution in [0.25, 0.3) is 12.2 Å². The summed E-state index contributed by atoms with van der Waals surface area (Å²) >= 11 is 0. The van der Waals surface area contributed by atoms with Gasteiger partial charge >= 0.3 is 0 Å². The van der Waals surface area contributed by atoms with Crippen LogP contribution in [0.3, 0.4) is 0 Å². The fourth-order valence-electron chi connectivity index (χ4n) is 4.13. The van der Waals surface area contributed by atoms with Crippen molar-refractivity contribution >= 4 is 23.7 Å². The number of unbranched alkanes of at least 4 members (excludes halogenated alkanes) is 1. The van der Waals surface area contributed by atoms with Crippen LogP contribution < -0.4 is 9.47 Å². The van der Waals surface area contributed by atoms with Gasteiger partial charge in [0.05, 0.1) is 13.2 Å². The van der Waals surface area contributed by atoms with Gasteiger partial charge in [0.15, 0.2) is 11.6 Å². The Morgan fingerprint density at radius 1 is 0.575 bits per heavy atom. The largest absolute Gasteiger partial charge is 0.494 e. The molecule has 0 aliphatic carbocycles. The Kier molecular flexibility index (Phi) is 10.2. The van der Waals surface area contributed by atoms with E-state index in [-0.39, 0.29) is 11.6 Å². The third-order valence-electron chi connectivity index (χ3n) is 6.52. The van der Waals surface area contributed by atoms with Crippen molar-refractivity contribution in [3.8, 4) is 11.5 Å². The van der Waals surface area contributed by atoms with Crippen LogP contribution in [0.5, 0.6) is 11.5 Å². The summed E-state index contributed by atoms with van der Waals surface area (Å²) in [5.41, 5.74) is 5.49. The van der Waals surface area contributed by atoms with Crippen LogP contribution >= 0.6 is 0 Å². The van der Waals surface area contributed by atoms with Crippen LogP contribution in [0.1, 0.15) is 55.8 Å². The zero-order valence-corrected chi connectivity index (χ0v) is 23.0. The Morgan fingerprint density at radius 3 is 1.43 bits per heavy atom. The van der Waals surface area contributed by atoms with Crippen LogP contribution in [-0.2, 0) is 0 Å². The molecule has 0 spiro atoms. The number of carbonyl (C=O) groups excluding carboxylic acids is 2. The van der Waals surface area contributed by atoms with Gasteiger partial charge in [-0.15, -0.1) is 0 Å². The molecule has 0 atom stereocenters. The summed E-state index contributed by atoms with van der Waals surface area (Å²) in [5.74, 6) is 1.21. The Labute approximate surface area is 236 Å². The van der Waals surface area contributed by atoms with E-state index in [1.54, 1.807) is 36.4 Å². The molecule has 0 unspecified atom stereocenters. The lowest BCUT2D eigenvalue weighted by Gasteiger charge is -2.09. The SMILES string of the molecule is Cc1ccccc1/C=C/C(=O)c1cccc(OCCCCOc2cccc(C(=O)/C=C/c3ccccc3C)c2)c1. The second-order valence-corrected chi connectivity index (χ2v) is 9.57. The van der Waals surface area contributed by atoms with E-state index in [0.29, 0.717) is 35.8 Å². The highest BCUT2D eigenvalue weighted by molar-refractivity contribution is 6.07. The van der Waals surface area contributed by atoms with Crippen molar-refractivity contribution in [2.75, 3.05) is 13.2 Å². The second-order valence-electron chi connectivity index (χ2n) is 9.57. The number of hydrogen-bond acceptors (Lipinski definition) is 4. The van der Waals surface area contributed by atoms with Gasteiger partial charge < -0.3 is 9.47 Å². The van der Waals surface area contributed by atoms with E-state index in [9.17, 15) is 9.59 Å². The van der Waals surface area contributed by atoms with Crippen LogP contribution in [0.4, 0.5) is 0 Å². The van der Waals surface area contributed by atoms with Gasteiger partial charge in [-0.2, -0.15) is 0 Å². The molecule has 0 aliphatic rings. The van der Waals surface area contributed by atoms with Crippen LogP contribution in [-0.4, -0.2) is 24.8 Å². The first kappa shape index (κ1) is 28.3. The van der Waals surface area contributed by atoms with Gasteiger partial charge in [0.25, 0.3) is 0 Å². The molecular weight excluding hydrogens is 496 g/mol. The molecule has 0 amide bonds. The molecule has 4 nitrogen and oxygen atoms in total. The zero-order valence-electron chi connectivity index (χ0n) is 23.0. The van der Waals surface area contributed by atoms with E-state index in [1.165, 1.54) is 0 Å². The lowest BCUT2D eigenvalue weighted by molar-refractivity contribution is 0.103. The van der Waals surface area contributed by atoms with E-state index < -0.39 is 0 Å². The van der Waals surface area contributed by atoms with Crippen molar-refractivity contribution in [1.29, 1.82) is 0 Å². The minimum atomic E-state index is -0.0616. The van der Waals surface area contributed by atoms with Gasteiger partial charge in [0.2, 0.25) is 0 Å². The van der Waals surface area contributed by atoms with Gasteiger partial charge in [0.1, 0.15) is 11.5 Å². The summed E-state index contributed by atoms with van der Waals surface area (Å²) in [4.78, 5) is 25.3. The molecule has 202 valence electrons. The van der Waals surface area contributed by atoms with Crippen molar-refractivity contribution < 1.29 is 19.1 Å². The summed E-state index contributed by atoms with van der Waals surface area (Å²) in [6, 6.07) is 30.4. The highest BCUT2D eigenvalue weighted by Crippen LogP contribution is 2.18. The first-order valence-corrected chi connectivity index (χ1v) is 13.5. The topological polar surface area (TPSA) is 52.6 Å². The maximum absolute atomic E-state index is 12.6. The summed E-state index contributed by atoms with van der Waals surface area (Å²) in [5, 5.41) is 0. The quantitative estimate of drug-likeness (QED) is 0.0990. The Morgan fingerprint density at radius 2 is 1.00 bits per heavy atom. The average Bonchev–Trinajstić information content (AvgIpc) is 2.98. The van der Waals surface area contributed by atoms with Gasteiger partial charge in [-0.25, -0.2) is 0 Å². The van der Waals surface area contributed by atoms with Crippen LogP contribution in [0.15, 0.2) is 109 Å². The molecule has 0 aromatic heterocycles. The molecule has 0 aliphatic heterocycles. The molecule has 4 aromatic rings. The Hall–Kier alpha value is -4.70. The number of benzene rings is 4. The normalized spacial score (nSPS) is 11.2. The van der Waals surface area contributed by atoms with Crippen molar-refractivity contribution in [3.63, 3.8) is 0 Å². The molecule has 0 saturated heterocycles. The predicted octanol–water partition coefficient (Wildman–Crippen LogP) is 8.33. The number of carbonyl (C=O) groups is 2. The highest BCUT2D eigenvalue weighted by Gasteiger charge is 2.06. The van der Waals surface area contributed by atoms with Crippen molar-refractivity contribution in [1.82, 2.24) is 0 Å². The summed E-state index contributed by atoms with van der Waals surface area (Å²) in [7, 11) is 0. The molecule has 0 heterocycles. The number of ketones is 2. The van der Waals surface area contributed by atoms with Gasteiger partial charge in [-0.1, -0.05) is 84.9 Å². The fraction of sp³-hybridized carbons (Fsp3) is 0.167. The molecule has 40 heavy (non-hydrogen) atoms. The van der Waals surface area contributed by atoms with Gasteiger partial charge in [0, 0.05) is 11.1 Å². The lowest BCUT2D eigenvalue weighted by atomic mass is 10.1. The molecule has 4 aromatic carbocycles. The number of rotatable bonds is 13.